The van der Waals surface area contributed by atoms with E-state index in [9.17, 15) is 9.18 Å². The van der Waals surface area contributed by atoms with Gasteiger partial charge in [0, 0.05) is 17.6 Å². The molecule has 5 heteroatoms. The van der Waals surface area contributed by atoms with Gasteiger partial charge < -0.3 is 11.1 Å². The molecule has 3 N–H and O–H groups in total. The first-order valence-electron chi connectivity index (χ1n) is 7.08. The maximum atomic E-state index is 13.7. The first-order chi connectivity index (χ1) is 9.61. The van der Waals surface area contributed by atoms with Gasteiger partial charge >= 0.3 is 0 Å². The Kier molecular flexibility index (Phi) is 5.38. The minimum atomic E-state index is -0.564. The molecule has 2 rings (SSSR count). The van der Waals surface area contributed by atoms with Crippen molar-refractivity contribution < 1.29 is 9.18 Å². The van der Waals surface area contributed by atoms with Gasteiger partial charge in [0.05, 0.1) is 5.56 Å². The van der Waals surface area contributed by atoms with Gasteiger partial charge in [0.1, 0.15) is 5.82 Å². The lowest BCUT2D eigenvalue weighted by Crippen LogP contribution is -2.46. The summed E-state index contributed by atoms with van der Waals surface area (Å²) >= 11 is 5.81. The van der Waals surface area contributed by atoms with E-state index in [-0.39, 0.29) is 11.6 Å². The molecule has 0 heterocycles. The van der Waals surface area contributed by atoms with Crippen LogP contribution in [0.25, 0.3) is 0 Å². The molecule has 3 nitrogen and oxygen atoms in total. The first kappa shape index (κ1) is 15.3. The monoisotopic (exact) mass is 298 g/mol. The largest absolute Gasteiger partial charge is 0.348 e. The fourth-order valence-corrected chi connectivity index (χ4v) is 3.00. The predicted molar refractivity (Wildman–Crippen MR) is 78.3 cm³/mol. The Morgan fingerprint density at radius 3 is 2.75 bits per heavy atom. The van der Waals surface area contributed by atoms with Gasteiger partial charge in [0.25, 0.3) is 5.91 Å². The summed E-state index contributed by atoms with van der Waals surface area (Å²) < 4.78 is 13.7. The van der Waals surface area contributed by atoms with Crippen molar-refractivity contribution in [3.8, 4) is 0 Å². The number of nitrogens with one attached hydrogen (secondary N) is 1. The fourth-order valence-electron chi connectivity index (χ4n) is 2.82. The number of carbonyl (C=O) groups is 1. The van der Waals surface area contributed by atoms with Gasteiger partial charge in [0.15, 0.2) is 0 Å². The van der Waals surface area contributed by atoms with E-state index in [1.807, 2.05) is 0 Å². The number of amides is 1. The molecule has 0 radical (unpaired) electrons. The van der Waals surface area contributed by atoms with Crippen LogP contribution in [0, 0.1) is 11.7 Å². The molecule has 1 fully saturated rings. The number of nitrogens with two attached hydrogens (primary N) is 1. The van der Waals surface area contributed by atoms with Crippen LogP contribution in [0.5, 0.6) is 0 Å². The molecule has 1 aromatic rings. The molecule has 1 aromatic carbocycles. The maximum Gasteiger partial charge on any atom is 0.254 e. The summed E-state index contributed by atoms with van der Waals surface area (Å²) in [5.41, 5.74) is 5.74. The summed E-state index contributed by atoms with van der Waals surface area (Å²) in [5.74, 6) is -0.614. The summed E-state index contributed by atoms with van der Waals surface area (Å²) in [4.78, 5) is 12.2. The highest BCUT2D eigenvalue weighted by atomic mass is 35.5. The Hall–Kier alpha value is -1.13. The topological polar surface area (TPSA) is 55.1 Å². The van der Waals surface area contributed by atoms with Crippen molar-refractivity contribution in [1.29, 1.82) is 0 Å². The number of benzene rings is 1. The highest BCUT2D eigenvalue weighted by molar-refractivity contribution is 6.31. The average Bonchev–Trinajstić information content (AvgIpc) is 2.48. The Morgan fingerprint density at radius 2 is 2.10 bits per heavy atom. The quantitative estimate of drug-likeness (QED) is 0.897. The van der Waals surface area contributed by atoms with Gasteiger partial charge in [-0.2, -0.15) is 0 Å². The highest BCUT2D eigenvalue weighted by Gasteiger charge is 2.25. The van der Waals surface area contributed by atoms with Gasteiger partial charge in [-0.15, -0.1) is 0 Å². The van der Waals surface area contributed by atoms with Crippen LogP contribution in [0.2, 0.25) is 5.02 Å². The predicted octanol–water partition coefficient (Wildman–Crippen LogP) is 3.12. The Balaban J connectivity index is 2.06. The molecule has 1 amide bonds. The number of hydrogen-bond donors (Lipinski definition) is 2. The minimum Gasteiger partial charge on any atom is -0.348 e. The van der Waals surface area contributed by atoms with Crippen LogP contribution in [0.4, 0.5) is 4.39 Å². The summed E-state index contributed by atoms with van der Waals surface area (Å²) in [7, 11) is 0. The zero-order valence-corrected chi connectivity index (χ0v) is 12.1. The molecule has 0 spiro atoms. The maximum absolute atomic E-state index is 13.7. The molecule has 1 unspecified atom stereocenters. The molecule has 1 aliphatic rings. The van der Waals surface area contributed by atoms with Crippen LogP contribution in [0.1, 0.15) is 42.5 Å². The molecule has 1 saturated carbocycles. The van der Waals surface area contributed by atoms with Crippen LogP contribution in [0.3, 0.4) is 0 Å². The zero-order valence-electron chi connectivity index (χ0n) is 11.4. The SMILES string of the molecule is NCC(NC(=O)c1cc(Cl)ccc1F)C1CCCCC1. The molecular formula is C15H20ClFN2O. The number of rotatable bonds is 4. The van der Waals surface area contributed by atoms with Crippen LogP contribution in [-0.4, -0.2) is 18.5 Å². The van der Waals surface area contributed by atoms with Gasteiger partial charge in [-0.3, -0.25) is 4.79 Å². The minimum absolute atomic E-state index is 0.0215. The molecule has 20 heavy (non-hydrogen) atoms. The molecule has 0 bridgehead atoms. The Morgan fingerprint density at radius 1 is 1.40 bits per heavy atom. The average molecular weight is 299 g/mol. The lowest BCUT2D eigenvalue weighted by molar-refractivity contribution is 0.0911. The molecule has 0 saturated heterocycles. The van der Waals surface area contributed by atoms with E-state index in [1.165, 1.54) is 37.5 Å². The van der Waals surface area contributed by atoms with Crippen molar-refractivity contribution >= 4 is 17.5 Å². The van der Waals surface area contributed by atoms with Crippen molar-refractivity contribution in [2.24, 2.45) is 11.7 Å². The first-order valence-corrected chi connectivity index (χ1v) is 7.45. The number of hydrogen-bond acceptors (Lipinski definition) is 2. The normalized spacial score (nSPS) is 17.8. The van der Waals surface area contributed by atoms with E-state index in [0.717, 1.165) is 12.8 Å². The van der Waals surface area contributed by atoms with E-state index < -0.39 is 11.7 Å². The van der Waals surface area contributed by atoms with E-state index in [1.54, 1.807) is 0 Å². The summed E-state index contributed by atoms with van der Waals surface area (Å²) in [6.07, 6.45) is 5.72. The van der Waals surface area contributed by atoms with Gasteiger partial charge in [-0.25, -0.2) is 4.39 Å². The van der Waals surface area contributed by atoms with Crippen molar-refractivity contribution in [2.45, 2.75) is 38.1 Å². The van der Waals surface area contributed by atoms with Gasteiger partial charge in [-0.1, -0.05) is 30.9 Å². The van der Waals surface area contributed by atoms with E-state index >= 15 is 0 Å². The summed E-state index contributed by atoms with van der Waals surface area (Å²) in [5, 5.41) is 3.20. The van der Waals surface area contributed by atoms with Gasteiger partial charge in [-0.05, 0) is 37.0 Å². The van der Waals surface area contributed by atoms with Crippen LogP contribution in [0.15, 0.2) is 18.2 Å². The van der Waals surface area contributed by atoms with Gasteiger partial charge in [0.2, 0.25) is 0 Å². The zero-order chi connectivity index (χ0) is 14.5. The van der Waals surface area contributed by atoms with Crippen molar-refractivity contribution in [2.75, 3.05) is 6.54 Å². The smallest absolute Gasteiger partial charge is 0.254 e. The standard InChI is InChI=1S/C15H20ClFN2O/c16-11-6-7-13(17)12(8-11)15(20)19-14(9-18)10-4-2-1-3-5-10/h6-8,10,14H,1-5,9,18H2,(H,19,20). The van der Waals surface area contributed by atoms with Crippen molar-refractivity contribution in [1.82, 2.24) is 5.32 Å². The summed E-state index contributed by atoms with van der Waals surface area (Å²) in [6, 6.07) is 3.88. The fraction of sp³-hybridized carbons (Fsp3) is 0.533. The molecule has 0 aliphatic heterocycles. The van der Waals surface area contributed by atoms with Crippen LogP contribution < -0.4 is 11.1 Å². The second-order valence-corrected chi connectivity index (χ2v) is 5.77. The second kappa shape index (κ2) is 7.04. The third kappa shape index (κ3) is 3.70. The molecule has 1 aliphatic carbocycles. The van der Waals surface area contributed by atoms with Crippen molar-refractivity contribution in [3.05, 3.63) is 34.6 Å². The third-order valence-corrected chi connectivity index (χ3v) is 4.20. The number of halogens is 2. The molecule has 1 atom stereocenters. The summed E-state index contributed by atoms with van der Waals surface area (Å²) in [6.45, 7) is 0.374. The van der Waals surface area contributed by atoms with E-state index in [0.29, 0.717) is 17.5 Å². The third-order valence-electron chi connectivity index (χ3n) is 3.96. The second-order valence-electron chi connectivity index (χ2n) is 5.34. The highest BCUT2D eigenvalue weighted by Crippen LogP contribution is 2.26. The van der Waals surface area contributed by atoms with Crippen LogP contribution >= 0.6 is 11.6 Å². The molecular weight excluding hydrogens is 279 g/mol. The lowest BCUT2D eigenvalue weighted by Gasteiger charge is -2.30. The lowest BCUT2D eigenvalue weighted by atomic mass is 9.84. The van der Waals surface area contributed by atoms with Crippen molar-refractivity contribution in [3.63, 3.8) is 0 Å². The Labute approximate surface area is 123 Å². The van der Waals surface area contributed by atoms with E-state index in [4.69, 9.17) is 17.3 Å². The van der Waals surface area contributed by atoms with Crippen LogP contribution in [-0.2, 0) is 0 Å². The molecule has 110 valence electrons. The Bertz CT molecular complexity index is 475. The van der Waals surface area contributed by atoms with E-state index in [2.05, 4.69) is 5.32 Å². The molecule has 0 aromatic heterocycles. The number of carbonyl (C=O) groups excluding carboxylic acids is 1.